The maximum atomic E-state index is 5.46. The topological polar surface area (TPSA) is 39.4 Å². The Balaban J connectivity index is 2.01. The van der Waals surface area contributed by atoms with Crippen LogP contribution in [0.3, 0.4) is 0 Å². The quantitative estimate of drug-likeness (QED) is 0.806. The van der Waals surface area contributed by atoms with Crippen molar-refractivity contribution in [1.82, 2.24) is 14.6 Å². The Morgan fingerprint density at radius 3 is 3.19 bits per heavy atom. The summed E-state index contributed by atoms with van der Waals surface area (Å²) in [5, 5.41) is 4.49. The van der Waals surface area contributed by atoms with E-state index in [1.807, 2.05) is 22.8 Å². The van der Waals surface area contributed by atoms with Crippen molar-refractivity contribution in [2.45, 2.75) is 18.8 Å². The second-order valence-corrected chi connectivity index (χ2v) is 4.86. The number of hydrogen-bond acceptors (Lipinski definition) is 3. The number of rotatable bonds is 1. The van der Waals surface area contributed by atoms with Crippen LogP contribution in [0.2, 0.25) is 0 Å². The van der Waals surface area contributed by atoms with E-state index in [-0.39, 0.29) is 0 Å². The molecular weight excluding hydrogens is 270 g/mol. The Morgan fingerprint density at radius 1 is 1.50 bits per heavy atom. The Morgan fingerprint density at radius 2 is 2.44 bits per heavy atom. The molecule has 84 valence electrons. The molecule has 1 unspecified atom stereocenters. The number of ether oxygens (including phenoxy) is 1. The molecule has 3 rings (SSSR count). The number of nitrogens with zero attached hydrogens (tertiary/aromatic N) is 3. The van der Waals surface area contributed by atoms with Crippen molar-refractivity contribution in [3.8, 4) is 0 Å². The highest BCUT2D eigenvalue weighted by Crippen LogP contribution is 2.24. The molecule has 1 aliphatic heterocycles. The molecule has 0 bridgehead atoms. The van der Waals surface area contributed by atoms with Gasteiger partial charge in [-0.15, -0.1) is 0 Å². The van der Waals surface area contributed by atoms with Crippen LogP contribution in [0.25, 0.3) is 5.65 Å². The van der Waals surface area contributed by atoms with Crippen molar-refractivity contribution in [2.24, 2.45) is 0 Å². The van der Waals surface area contributed by atoms with Gasteiger partial charge in [-0.05, 0) is 40.9 Å². The molecule has 0 saturated carbocycles. The lowest BCUT2D eigenvalue weighted by Gasteiger charge is -2.18. The second-order valence-electron chi connectivity index (χ2n) is 4.01. The van der Waals surface area contributed by atoms with E-state index < -0.39 is 0 Å². The summed E-state index contributed by atoms with van der Waals surface area (Å²) in [5.74, 6) is 1.24. The zero-order chi connectivity index (χ0) is 11.0. The van der Waals surface area contributed by atoms with E-state index in [0.717, 1.165) is 42.0 Å². The first-order chi connectivity index (χ1) is 7.84. The predicted octanol–water partition coefficient (Wildman–Crippen LogP) is 2.39. The highest BCUT2D eigenvalue weighted by atomic mass is 79.9. The van der Waals surface area contributed by atoms with Gasteiger partial charge in [0.2, 0.25) is 0 Å². The third kappa shape index (κ3) is 1.74. The van der Waals surface area contributed by atoms with E-state index in [1.165, 1.54) is 0 Å². The minimum absolute atomic E-state index is 0.348. The number of hydrogen-bond donors (Lipinski definition) is 0. The standard InChI is InChI=1S/C11H12BrN3O/c12-9-4-1-5-15-11(9)13-10(14-15)8-3-2-6-16-7-8/h1,4-5,8H,2-3,6-7H2. The van der Waals surface area contributed by atoms with Gasteiger partial charge in [0.05, 0.1) is 11.1 Å². The number of fused-ring (bicyclic) bond motifs is 1. The van der Waals surface area contributed by atoms with Gasteiger partial charge in [-0.1, -0.05) is 0 Å². The van der Waals surface area contributed by atoms with Crippen LogP contribution in [0.4, 0.5) is 0 Å². The minimum atomic E-state index is 0.348. The second kappa shape index (κ2) is 4.14. The summed E-state index contributed by atoms with van der Waals surface area (Å²) in [5.41, 5.74) is 0.878. The zero-order valence-electron chi connectivity index (χ0n) is 8.77. The summed E-state index contributed by atoms with van der Waals surface area (Å²) in [6.45, 7) is 1.61. The average molecular weight is 282 g/mol. The van der Waals surface area contributed by atoms with Gasteiger partial charge in [0.25, 0.3) is 0 Å². The van der Waals surface area contributed by atoms with Crippen LogP contribution in [-0.2, 0) is 4.74 Å². The van der Waals surface area contributed by atoms with Gasteiger partial charge in [0, 0.05) is 18.7 Å². The van der Waals surface area contributed by atoms with Gasteiger partial charge in [-0.3, -0.25) is 0 Å². The molecule has 1 saturated heterocycles. The van der Waals surface area contributed by atoms with Gasteiger partial charge < -0.3 is 4.74 Å². The van der Waals surface area contributed by atoms with E-state index >= 15 is 0 Å². The molecule has 3 heterocycles. The fourth-order valence-electron chi connectivity index (χ4n) is 2.01. The van der Waals surface area contributed by atoms with E-state index in [4.69, 9.17) is 4.74 Å². The Kier molecular flexibility index (Phi) is 2.65. The number of aromatic nitrogens is 3. The molecule has 1 atom stereocenters. The Hall–Kier alpha value is -0.940. The molecule has 2 aromatic rings. The predicted molar refractivity (Wildman–Crippen MR) is 63.5 cm³/mol. The maximum absolute atomic E-state index is 5.46. The monoisotopic (exact) mass is 281 g/mol. The van der Waals surface area contributed by atoms with Gasteiger partial charge in [-0.25, -0.2) is 9.50 Å². The van der Waals surface area contributed by atoms with Crippen molar-refractivity contribution in [3.05, 3.63) is 28.6 Å². The molecule has 16 heavy (non-hydrogen) atoms. The lowest BCUT2D eigenvalue weighted by Crippen LogP contribution is -2.16. The summed E-state index contributed by atoms with van der Waals surface area (Å²) in [6, 6.07) is 3.93. The van der Waals surface area contributed by atoms with Crippen LogP contribution < -0.4 is 0 Å². The zero-order valence-corrected chi connectivity index (χ0v) is 10.4. The molecule has 0 aromatic carbocycles. The first-order valence-electron chi connectivity index (χ1n) is 5.43. The highest BCUT2D eigenvalue weighted by molar-refractivity contribution is 9.10. The Labute approximate surface area is 102 Å². The smallest absolute Gasteiger partial charge is 0.169 e. The van der Waals surface area contributed by atoms with E-state index in [0.29, 0.717) is 5.92 Å². The molecule has 0 aliphatic carbocycles. The van der Waals surface area contributed by atoms with Crippen LogP contribution in [-0.4, -0.2) is 27.8 Å². The highest BCUT2D eigenvalue weighted by Gasteiger charge is 2.20. The van der Waals surface area contributed by atoms with E-state index in [2.05, 4.69) is 26.0 Å². The fourth-order valence-corrected chi connectivity index (χ4v) is 2.43. The summed E-state index contributed by atoms with van der Waals surface area (Å²) in [7, 11) is 0. The van der Waals surface area contributed by atoms with Crippen LogP contribution in [0.1, 0.15) is 24.6 Å². The fraction of sp³-hybridized carbons (Fsp3) is 0.455. The van der Waals surface area contributed by atoms with E-state index in [1.54, 1.807) is 0 Å². The minimum Gasteiger partial charge on any atom is -0.381 e. The lowest BCUT2D eigenvalue weighted by molar-refractivity contribution is 0.0781. The largest absolute Gasteiger partial charge is 0.381 e. The SMILES string of the molecule is Brc1cccn2nc(C3CCCOC3)nc12. The molecule has 4 nitrogen and oxygen atoms in total. The third-order valence-corrected chi connectivity index (χ3v) is 3.48. The van der Waals surface area contributed by atoms with Crippen LogP contribution in [0.15, 0.2) is 22.8 Å². The van der Waals surface area contributed by atoms with Crippen molar-refractivity contribution >= 4 is 21.6 Å². The van der Waals surface area contributed by atoms with Crippen LogP contribution in [0, 0.1) is 0 Å². The molecule has 0 amide bonds. The molecule has 2 aromatic heterocycles. The average Bonchev–Trinajstić information content (AvgIpc) is 2.76. The molecule has 0 radical (unpaired) electrons. The lowest BCUT2D eigenvalue weighted by atomic mass is 10.0. The van der Waals surface area contributed by atoms with Gasteiger partial charge in [0.1, 0.15) is 0 Å². The Bertz CT molecular complexity index is 505. The van der Waals surface area contributed by atoms with Crippen molar-refractivity contribution in [1.29, 1.82) is 0 Å². The summed E-state index contributed by atoms with van der Waals surface area (Å²) >= 11 is 3.48. The van der Waals surface area contributed by atoms with Gasteiger partial charge >= 0.3 is 0 Å². The summed E-state index contributed by atoms with van der Waals surface area (Å²) in [4.78, 5) is 4.56. The van der Waals surface area contributed by atoms with Gasteiger partial charge in [0.15, 0.2) is 11.5 Å². The molecule has 1 aliphatic rings. The van der Waals surface area contributed by atoms with Crippen LogP contribution >= 0.6 is 15.9 Å². The summed E-state index contributed by atoms with van der Waals surface area (Å²) in [6.07, 6.45) is 4.14. The number of halogens is 1. The normalized spacial score (nSPS) is 21.4. The number of pyridine rings is 1. The van der Waals surface area contributed by atoms with Crippen molar-refractivity contribution < 1.29 is 4.74 Å². The van der Waals surface area contributed by atoms with Gasteiger partial charge in [-0.2, -0.15) is 5.10 Å². The molecule has 0 N–H and O–H groups in total. The van der Waals surface area contributed by atoms with Crippen LogP contribution in [0.5, 0.6) is 0 Å². The molecular formula is C11H12BrN3O. The summed E-state index contributed by atoms with van der Waals surface area (Å²) < 4.78 is 8.25. The molecule has 0 spiro atoms. The van der Waals surface area contributed by atoms with Crippen molar-refractivity contribution in [2.75, 3.05) is 13.2 Å². The maximum Gasteiger partial charge on any atom is 0.169 e. The first-order valence-corrected chi connectivity index (χ1v) is 6.22. The third-order valence-electron chi connectivity index (χ3n) is 2.86. The molecule has 5 heteroatoms. The van der Waals surface area contributed by atoms with E-state index in [9.17, 15) is 0 Å². The first kappa shape index (κ1) is 10.2. The molecule has 1 fully saturated rings. The van der Waals surface area contributed by atoms with Crippen molar-refractivity contribution in [3.63, 3.8) is 0 Å².